The Morgan fingerprint density at radius 3 is 1.52 bits per heavy atom. The third kappa shape index (κ3) is 5.35. The quantitative estimate of drug-likeness (QED) is 0.181. The van der Waals surface area contributed by atoms with Gasteiger partial charge in [0.05, 0.1) is 23.1 Å². The number of nitrogens with zero attached hydrogens (tertiary/aromatic N) is 2. The molecule has 0 aromatic heterocycles. The minimum atomic E-state index is -0.149. The molecule has 2 aliphatic carbocycles. The minimum Gasteiger partial charge on any atom is -0.310 e. The van der Waals surface area contributed by atoms with E-state index < -0.39 is 0 Å². The highest BCUT2D eigenvalue weighted by Gasteiger charge is 2.41. The maximum atomic E-state index is 4.03. The van der Waals surface area contributed by atoms with Crippen molar-refractivity contribution in [3.63, 3.8) is 0 Å². The lowest BCUT2D eigenvalue weighted by Gasteiger charge is -2.35. The summed E-state index contributed by atoms with van der Waals surface area (Å²) in [4.78, 5) is 2.53. The molecule has 1 N–H and O–H groups in total. The van der Waals surface area contributed by atoms with Crippen molar-refractivity contribution in [1.29, 1.82) is 0 Å². The highest BCUT2D eigenvalue weighted by molar-refractivity contribution is 6.07. The summed E-state index contributed by atoms with van der Waals surface area (Å²) in [7, 11) is 0. The number of benzene rings is 8. The largest absolute Gasteiger partial charge is 0.310 e. The molecule has 3 heteroatoms. The van der Waals surface area contributed by atoms with Crippen molar-refractivity contribution in [2.45, 2.75) is 44.6 Å². The highest BCUT2D eigenvalue weighted by Crippen LogP contribution is 2.56. The second-order valence-corrected chi connectivity index (χ2v) is 18.2. The molecule has 3 nitrogen and oxygen atoms in total. The van der Waals surface area contributed by atoms with E-state index in [2.05, 4.69) is 243 Å². The molecule has 0 bridgehead atoms. The summed E-state index contributed by atoms with van der Waals surface area (Å²) >= 11 is 0. The van der Waals surface area contributed by atoms with Crippen LogP contribution in [0.5, 0.6) is 0 Å². The Labute approximate surface area is 364 Å². The van der Waals surface area contributed by atoms with E-state index >= 15 is 0 Å². The zero-order valence-corrected chi connectivity index (χ0v) is 35.5. The average molecular weight is 798 g/mol. The van der Waals surface area contributed by atoms with Crippen molar-refractivity contribution in [2.24, 2.45) is 0 Å². The topological polar surface area (TPSA) is 18.5 Å². The van der Waals surface area contributed by atoms with Gasteiger partial charge < -0.3 is 4.90 Å². The van der Waals surface area contributed by atoms with E-state index in [0.717, 1.165) is 28.3 Å². The van der Waals surface area contributed by atoms with E-state index in [0.29, 0.717) is 0 Å². The molecule has 62 heavy (non-hydrogen) atoms. The van der Waals surface area contributed by atoms with E-state index in [-0.39, 0.29) is 16.9 Å². The fraction of sp³-hybridized carbons (Fsp3) is 0.119. The standard InChI is InChI=1S/C59H47N3/c1-58(2)49-28-16-14-25-43(49)45-33-31-41(35-51(45)58)61(42-32-34-46-44-26-15-17-29-50(44)59(3,4)52(46)36-42)53-30-18-27-47-48(53)37-54(38-19-8-5-9-20-38)62-57(47)55(39-21-10-6-11-22-39)56(60-62)40-23-12-7-13-24-40/h5-37,56,60H,1-4H3. The van der Waals surface area contributed by atoms with E-state index in [1.807, 2.05) is 0 Å². The molecule has 0 saturated heterocycles. The van der Waals surface area contributed by atoms with Crippen LogP contribution in [-0.2, 0) is 10.8 Å². The number of hydrogen-bond acceptors (Lipinski definition) is 3. The van der Waals surface area contributed by atoms with Crippen LogP contribution in [0.4, 0.5) is 17.1 Å². The van der Waals surface area contributed by atoms with Gasteiger partial charge in [-0.2, -0.15) is 0 Å². The van der Waals surface area contributed by atoms with Gasteiger partial charge in [0.2, 0.25) is 0 Å². The molecular formula is C59H47N3. The van der Waals surface area contributed by atoms with Crippen molar-refractivity contribution < 1.29 is 0 Å². The van der Waals surface area contributed by atoms with E-state index in [4.69, 9.17) is 0 Å². The molecule has 2 heterocycles. The van der Waals surface area contributed by atoms with E-state index in [1.165, 1.54) is 78.0 Å². The SMILES string of the molecule is CC1(C)c2ccccc2-c2ccc(N(c3ccc4c(c3)C(C)(C)c3ccccc3-4)c3cccc4c3C=C(c3ccccc3)N3NC(c5ccccc5)C(c5ccccc5)=C43)cc21. The van der Waals surface area contributed by atoms with Crippen molar-refractivity contribution in [3.8, 4) is 22.3 Å². The zero-order valence-electron chi connectivity index (χ0n) is 35.5. The maximum absolute atomic E-state index is 4.03. The predicted octanol–water partition coefficient (Wildman–Crippen LogP) is 14.7. The Morgan fingerprint density at radius 1 is 0.452 bits per heavy atom. The molecule has 1 atom stereocenters. The normalized spacial score (nSPS) is 17.1. The molecule has 0 radical (unpaired) electrons. The Bertz CT molecular complexity index is 3050. The summed E-state index contributed by atoms with van der Waals surface area (Å²) in [5, 5.41) is 2.36. The maximum Gasteiger partial charge on any atom is 0.0793 e. The Hall–Kier alpha value is -7.20. The van der Waals surface area contributed by atoms with Crippen LogP contribution < -0.4 is 10.3 Å². The molecule has 0 saturated carbocycles. The molecule has 8 aromatic rings. The summed E-state index contributed by atoms with van der Waals surface area (Å²) in [6, 6.07) is 71.7. The minimum absolute atomic E-state index is 0.0624. The summed E-state index contributed by atoms with van der Waals surface area (Å²) in [5.74, 6) is 0. The molecule has 0 fully saturated rings. The third-order valence-corrected chi connectivity index (χ3v) is 14.1. The first-order valence-electron chi connectivity index (χ1n) is 21.9. The van der Waals surface area contributed by atoms with Crippen molar-refractivity contribution in [2.75, 3.05) is 4.90 Å². The second-order valence-electron chi connectivity index (χ2n) is 18.2. The lowest BCUT2D eigenvalue weighted by atomic mass is 9.82. The van der Waals surface area contributed by atoms with Gasteiger partial charge in [0.1, 0.15) is 0 Å². The number of hydrazine groups is 1. The van der Waals surface area contributed by atoms with Crippen LogP contribution in [0.1, 0.15) is 83.8 Å². The number of nitrogens with one attached hydrogen (secondary N) is 1. The molecule has 0 spiro atoms. The summed E-state index contributed by atoms with van der Waals surface area (Å²) in [5.41, 5.74) is 27.4. The van der Waals surface area contributed by atoms with Gasteiger partial charge in [-0.05, 0) is 97.6 Å². The first-order valence-corrected chi connectivity index (χ1v) is 21.9. The number of anilines is 3. The van der Waals surface area contributed by atoms with Gasteiger partial charge in [-0.1, -0.05) is 191 Å². The number of fused-ring (bicyclic) bond motifs is 9. The third-order valence-electron chi connectivity index (χ3n) is 14.1. The monoisotopic (exact) mass is 797 g/mol. The Balaban J connectivity index is 1.14. The first kappa shape index (κ1) is 36.6. The van der Waals surface area contributed by atoms with Gasteiger partial charge in [0.15, 0.2) is 0 Å². The molecule has 12 rings (SSSR count). The van der Waals surface area contributed by atoms with Crippen LogP contribution in [0.25, 0.3) is 45.3 Å². The van der Waals surface area contributed by atoms with Gasteiger partial charge >= 0.3 is 0 Å². The van der Waals surface area contributed by atoms with E-state index in [9.17, 15) is 0 Å². The van der Waals surface area contributed by atoms with Crippen molar-refractivity contribution >= 4 is 40.1 Å². The molecule has 8 aromatic carbocycles. The summed E-state index contributed by atoms with van der Waals surface area (Å²) in [6.07, 6.45) is 2.42. The van der Waals surface area contributed by atoms with Crippen LogP contribution in [0.3, 0.4) is 0 Å². The van der Waals surface area contributed by atoms with E-state index in [1.54, 1.807) is 0 Å². The van der Waals surface area contributed by atoms with Crippen molar-refractivity contribution in [1.82, 2.24) is 10.4 Å². The first-order chi connectivity index (χ1) is 30.3. The molecule has 4 aliphatic rings. The highest BCUT2D eigenvalue weighted by atomic mass is 15.6. The van der Waals surface area contributed by atoms with Gasteiger partial charge in [-0.3, -0.25) is 5.01 Å². The van der Waals surface area contributed by atoms with Crippen LogP contribution in [0.15, 0.2) is 194 Å². The molecular weight excluding hydrogens is 751 g/mol. The van der Waals surface area contributed by atoms with Crippen LogP contribution >= 0.6 is 0 Å². The van der Waals surface area contributed by atoms with Gasteiger partial charge in [-0.15, -0.1) is 0 Å². The average Bonchev–Trinajstić information content (AvgIpc) is 3.91. The Kier molecular flexibility index (Phi) is 8.07. The fourth-order valence-electron chi connectivity index (χ4n) is 11.0. The lowest BCUT2D eigenvalue weighted by molar-refractivity contribution is 0.405. The van der Waals surface area contributed by atoms with Gasteiger partial charge in [0, 0.05) is 38.9 Å². The molecule has 1 unspecified atom stereocenters. The number of rotatable bonds is 6. The smallest absolute Gasteiger partial charge is 0.0793 e. The summed E-state index contributed by atoms with van der Waals surface area (Å²) in [6.45, 7) is 9.51. The molecule has 0 amide bonds. The Morgan fingerprint density at radius 2 is 0.935 bits per heavy atom. The number of hydrogen-bond donors (Lipinski definition) is 1. The van der Waals surface area contributed by atoms with Crippen molar-refractivity contribution in [3.05, 3.63) is 244 Å². The molecule has 298 valence electrons. The van der Waals surface area contributed by atoms with Gasteiger partial charge in [0.25, 0.3) is 0 Å². The van der Waals surface area contributed by atoms with Crippen LogP contribution in [-0.4, -0.2) is 5.01 Å². The zero-order chi connectivity index (χ0) is 41.7. The fourth-order valence-corrected chi connectivity index (χ4v) is 11.0. The molecule has 2 aliphatic heterocycles. The second kappa shape index (κ2) is 13.7. The lowest BCUT2D eigenvalue weighted by Crippen LogP contribution is -2.33. The predicted molar refractivity (Wildman–Crippen MR) is 258 cm³/mol. The van der Waals surface area contributed by atoms with Crippen LogP contribution in [0.2, 0.25) is 0 Å². The summed E-state index contributed by atoms with van der Waals surface area (Å²) < 4.78 is 0. The van der Waals surface area contributed by atoms with Crippen LogP contribution in [0, 0.1) is 0 Å². The van der Waals surface area contributed by atoms with Gasteiger partial charge in [-0.25, -0.2) is 5.43 Å².